The van der Waals surface area contributed by atoms with E-state index < -0.39 is 5.97 Å². The van der Waals surface area contributed by atoms with Gasteiger partial charge in [-0.15, -0.1) is 0 Å². The first-order valence-electron chi connectivity index (χ1n) is 7.17. The zero-order valence-electron chi connectivity index (χ0n) is 12.6. The molecule has 0 heterocycles. The first kappa shape index (κ1) is 16.5. The number of benzene rings is 1. The summed E-state index contributed by atoms with van der Waals surface area (Å²) in [6.07, 6.45) is 0.975. The van der Waals surface area contributed by atoms with Gasteiger partial charge in [-0.1, -0.05) is 32.9 Å². The van der Waals surface area contributed by atoms with Crippen molar-refractivity contribution in [2.75, 3.05) is 19.7 Å². The fraction of sp³-hybridized carbons (Fsp3) is 0.562. The van der Waals surface area contributed by atoms with Gasteiger partial charge in [0.05, 0.1) is 13.2 Å². The second kappa shape index (κ2) is 8.59. The zero-order chi connectivity index (χ0) is 15.0. The zero-order valence-corrected chi connectivity index (χ0v) is 12.6. The van der Waals surface area contributed by atoms with Gasteiger partial charge in [-0.05, 0) is 30.0 Å². The molecule has 0 aliphatic carbocycles. The van der Waals surface area contributed by atoms with Crippen molar-refractivity contribution >= 4 is 5.97 Å². The van der Waals surface area contributed by atoms with Crippen molar-refractivity contribution in [1.82, 2.24) is 4.90 Å². The number of ether oxygens (including phenoxy) is 1. The molecular formula is C16H25NO3. The Bertz CT molecular complexity index is 418. The number of carbonyl (C=O) groups is 1. The number of carboxylic acids is 1. The van der Waals surface area contributed by atoms with E-state index in [1.165, 1.54) is 0 Å². The average Bonchev–Trinajstić information content (AvgIpc) is 2.35. The molecule has 0 aliphatic rings. The van der Waals surface area contributed by atoms with Crippen molar-refractivity contribution < 1.29 is 14.6 Å². The van der Waals surface area contributed by atoms with Crippen LogP contribution >= 0.6 is 0 Å². The van der Waals surface area contributed by atoms with Crippen molar-refractivity contribution in [2.24, 2.45) is 5.92 Å². The first-order valence-corrected chi connectivity index (χ1v) is 7.17. The van der Waals surface area contributed by atoms with Gasteiger partial charge in [0.2, 0.25) is 0 Å². The maximum atomic E-state index is 10.9. The maximum Gasteiger partial charge on any atom is 0.317 e. The van der Waals surface area contributed by atoms with Crippen LogP contribution in [0.3, 0.4) is 0 Å². The Morgan fingerprint density at radius 2 is 2.15 bits per heavy atom. The molecule has 20 heavy (non-hydrogen) atoms. The van der Waals surface area contributed by atoms with E-state index in [9.17, 15) is 4.79 Å². The Kier molecular flexibility index (Phi) is 7.09. The van der Waals surface area contributed by atoms with E-state index in [4.69, 9.17) is 9.84 Å². The number of hydrogen-bond acceptors (Lipinski definition) is 3. The highest BCUT2D eigenvalue weighted by atomic mass is 16.5. The van der Waals surface area contributed by atoms with Crippen LogP contribution in [0.4, 0.5) is 0 Å². The summed E-state index contributed by atoms with van der Waals surface area (Å²) < 4.78 is 5.60. The maximum absolute atomic E-state index is 10.9. The lowest BCUT2D eigenvalue weighted by atomic mass is 10.1. The predicted octanol–water partition coefficient (Wildman–Crippen LogP) is 3.02. The molecule has 0 amide bonds. The van der Waals surface area contributed by atoms with Gasteiger partial charge in [0.1, 0.15) is 5.75 Å². The summed E-state index contributed by atoms with van der Waals surface area (Å²) in [6, 6.07) is 7.89. The Balaban J connectivity index is 2.68. The summed E-state index contributed by atoms with van der Waals surface area (Å²) in [5.41, 5.74) is 1.08. The third kappa shape index (κ3) is 6.57. The van der Waals surface area contributed by atoms with E-state index in [-0.39, 0.29) is 6.54 Å². The highest BCUT2D eigenvalue weighted by Gasteiger charge is 2.12. The van der Waals surface area contributed by atoms with Gasteiger partial charge in [-0.3, -0.25) is 9.69 Å². The molecule has 1 aromatic rings. The molecule has 0 aromatic heterocycles. The molecule has 112 valence electrons. The number of rotatable bonds is 9. The number of carboxylic acid groups (broad SMARTS) is 1. The molecule has 4 nitrogen and oxygen atoms in total. The molecule has 1 aromatic carbocycles. The Labute approximate surface area is 121 Å². The van der Waals surface area contributed by atoms with E-state index >= 15 is 0 Å². The fourth-order valence-electron chi connectivity index (χ4n) is 2.10. The molecule has 0 saturated heterocycles. The SMILES string of the molecule is CCCOc1cccc(CN(CC(=O)O)CC(C)C)c1. The standard InChI is InChI=1S/C16H25NO3/c1-4-8-20-15-7-5-6-14(9-15)11-17(10-13(2)3)12-16(18)19/h5-7,9,13H,4,8,10-12H2,1-3H3,(H,18,19). The number of hydrogen-bond donors (Lipinski definition) is 1. The highest BCUT2D eigenvalue weighted by molar-refractivity contribution is 5.69. The minimum absolute atomic E-state index is 0.0677. The lowest BCUT2D eigenvalue weighted by Crippen LogP contribution is -2.32. The summed E-state index contributed by atoms with van der Waals surface area (Å²) in [4.78, 5) is 12.9. The summed E-state index contributed by atoms with van der Waals surface area (Å²) in [7, 11) is 0. The third-order valence-corrected chi connectivity index (χ3v) is 2.76. The summed E-state index contributed by atoms with van der Waals surface area (Å²) in [5.74, 6) is 0.502. The van der Waals surface area contributed by atoms with Crippen LogP contribution in [-0.4, -0.2) is 35.7 Å². The monoisotopic (exact) mass is 279 g/mol. The molecule has 0 unspecified atom stereocenters. The van der Waals surface area contributed by atoms with Gasteiger partial charge in [-0.25, -0.2) is 0 Å². The van der Waals surface area contributed by atoms with E-state index in [2.05, 4.69) is 20.8 Å². The van der Waals surface area contributed by atoms with E-state index in [0.29, 0.717) is 19.1 Å². The lowest BCUT2D eigenvalue weighted by Gasteiger charge is -2.22. The molecule has 0 saturated carbocycles. The molecule has 0 spiro atoms. The third-order valence-electron chi connectivity index (χ3n) is 2.76. The van der Waals surface area contributed by atoms with Crippen LogP contribution < -0.4 is 4.74 Å². The second-order valence-corrected chi connectivity index (χ2v) is 5.45. The largest absolute Gasteiger partial charge is 0.494 e. The lowest BCUT2D eigenvalue weighted by molar-refractivity contribution is -0.138. The van der Waals surface area contributed by atoms with Crippen LogP contribution in [0.5, 0.6) is 5.75 Å². The first-order chi connectivity index (χ1) is 9.51. The van der Waals surface area contributed by atoms with Crippen LogP contribution in [-0.2, 0) is 11.3 Å². The van der Waals surface area contributed by atoms with E-state index in [0.717, 1.165) is 24.3 Å². The predicted molar refractivity (Wildman–Crippen MR) is 80.0 cm³/mol. The molecule has 4 heteroatoms. The minimum Gasteiger partial charge on any atom is -0.494 e. The van der Waals surface area contributed by atoms with E-state index in [1.54, 1.807) is 0 Å². The quantitative estimate of drug-likeness (QED) is 0.755. The van der Waals surface area contributed by atoms with Crippen molar-refractivity contribution in [2.45, 2.75) is 33.7 Å². The van der Waals surface area contributed by atoms with Crippen LogP contribution in [0.1, 0.15) is 32.8 Å². The summed E-state index contributed by atoms with van der Waals surface area (Å²) in [5, 5.41) is 8.98. The highest BCUT2D eigenvalue weighted by Crippen LogP contribution is 2.16. The molecular weight excluding hydrogens is 254 g/mol. The number of aliphatic carboxylic acids is 1. The van der Waals surface area contributed by atoms with Crippen molar-refractivity contribution in [1.29, 1.82) is 0 Å². The van der Waals surface area contributed by atoms with Crippen LogP contribution in [0, 0.1) is 5.92 Å². The molecule has 0 bridgehead atoms. The number of nitrogens with zero attached hydrogens (tertiary/aromatic N) is 1. The molecule has 0 radical (unpaired) electrons. The Morgan fingerprint density at radius 1 is 1.40 bits per heavy atom. The Morgan fingerprint density at radius 3 is 2.75 bits per heavy atom. The van der Waals surface area contributed by atoms with Gasteiger partial charge in [0.25, 0.3) is 0 Å². The molecule has 0 fully saturated rings. The van der Waals surface area contributed by atoms with Crippen LogP contribution in [0.2, 0.25) is 0 Å². The topological polar surface area (TPSA) is 49.8 Å². The van der Waals surface area contributed by atoms with Gasteiger partial charge < -0.3 is 9.84 Å². The molecule has 0 atom stereocenters. The van der Waals surface area contributed by atoms with Gasteiger partial charge in [-0.2, -0.15) is 0 Å². The second-order valence-electron chi connectivity index (χ2n) is 5.45. The Hall–Kier alpha value is -1.55. The smallest absolute Gasteiger partial charge is 0.317 e. The van der Waals surface area contributed by atoms with Gasteiger partial charge in [0.15, 0.2) is 0 Å². The molecule has 1 rings (SSSR count). The van der Waals surface area contributed by atoms with Crippen molar-refractivity contribution in [3.05, 3.63) is 29.8 Å². The fourth-order valence-corrected chi connectivity index (χ4v) is 2.10. The van der Waals surface area contributed by atoms with Gasteiger partial charge in [0, 0.05) is 13.1 Å². The molecule has 0 aliphatic heterocycles. The minimum atomic E-state index is -0.788. The van der Waals surface area contributed by atoms with Crippen LogP contribution in [0.15, 0.2) is 24.3 Å². The van der Waals surface area contributed by atoms with Crippen LogP contribution in [0.25, 0.3) is 0 Å². The average molecular weight is 279 g/mol. The molecule has 1 N–H and O–H groups in total. The van der Waals surface area contributed by atoms with Crippen molar-refractivity contribution in [3.63, 3.8) is 0 Å². The van der Waals surface area contributed by atoms with E-state index in [1.807, 2.05) is 29.2 Å². The van der Waals surface area contributed by atoms with Crippen molar-refractivity contribution in [3.8, 4) is 5.75 Å². The van der Waals surface area contributed by atoms with Gasteiger partial charge >= 0.3 is 5.97 Å². The summed E-state index contributed by atoms with van der Waals surface area (Å²) in [6.45, 7) is 8.43. The normalized spacial score (nSPS) is 11.1. The summed E-state index contributed by atoms with van der Waals surface area (Å²) >= 11 is 0.